The van der Waals surface area contributed by atoms with Gasteiger partial charge in [0.2, 0.25) is 0 Å². The minimum Gasteiger partial charge on any atom is -0.481 e. The van der Waals surface area contributed by atoms with E-state index in [4.69, 9.17) is 5.11 Å². The summed E-state index contributed by atoms with van der Waals surface area (Å²) in [7, 11) is 0. The molecule has 0 spiro atoms. The van der Waals surface area contributed by atoms with E-state index >= 15 is 0 Å². The van der Waals surface area contributed by atoms with Crippen LogP contribution in [0.3, 0.4) is 0 Å². The molecule has 2 N–H and O–H groups in total. The maximum atomic E-state index is 11.8. The van der Waals surface area contributed by atoms with E-state index in [1.807, 2.05) is 13.8 Å². The van der Waals surface area contributed by atoms with Crippen molar-refractivity contribution in [1.82, 2.24) is 10.2 Å². The summed E-state index contributed by atoms with van der Waals surface area (Å²) in [6, 6.07) is -0.128. The number of hydrogen-bond donors (Lipinski definition) is 2. The van der Waals surface area contributed by atoms with Gasteiger partial charge in [-0.1, -0.05) is 12.8 Å². The van der Waals surface area contributed by atoms with Crippen LogP contribution in [0.1, 0.15) is 39.5 Å². The highest BCUT2D eigenvalue weighted by atomic mass is 16.4. The second-order valence-corrected chi connectivity index (χ2v) is 4.89. The number of carboxylic acid groups (broad SMARTS) is 1. The predicted octanol–water partition coefficient (Wildman–Crippen LogP) is 1.68. The Bertz CT molecular complexity index is 275. The van der Waals surface area contributed by atoms with Crippen molar-refractivity contribution in [3.63, 3.8) is 0 Å². The summed E-state index contributed by atoms with van der Waals surface area (Å²) in [6.45, 7) is 4.74. The highest BCUT2D eigenvalue weighted by molar-refractivity contribution is 5.75. The standard InChI is InChI=1S/C12H22N2O3/c1-9(2)14(8-6-11(15)16)12(17)13-7-5-10-3-4-10/h9-10H,3-8H2,1-2H3,(H,13,17)(H,15,16). The van der Waals surface area contributed by atoms with Crippen LogP contribution in [0.5, 0.6) is 0 Å². The summed E-state index contributed by atoms with van der Waals surface area (Å²) in [4.78, 5) is 23.9. The van der Waals surface area contributed by atoms with E-state index in [0.717, 1.165) is 12.3 Å². The molecular weight excluding hydrogens is 220 g/mol. The first-order chi connectivity index (χ1) is 8.00. The molecule has 0 aromatic rings. The number of aliphatic carboxylic acids is 1. The van der Waals surface area contributed by atoms with Gasteiger partial charge >= 0.3 is 12.0 Å². The monoisotopic (exact) mass is 242 g/mol. The molecule has 5 nitrogen and oxygen atoms in total. The smallest absolute Gasteiger partial charge is 0.317 e. The van der Waals surface area contributed by atoms with Gasteiger partial charge in [0.1, 0.15) is 0 Å². The molecule has 0 bridgehead atoms. The molecule has 17 heavy (non-hydrogen) atoms. The minimum absolute atomic E-state index is 0.00573. The van der Waals surface area contributed by atoms with E-state index in [-0.39, 0.29) is 25.0 Å². The van der Waals surface area contributed by atoms with Gasteiger partial charge in [0.25, 0.3) is 0 Å². The summed E-state index contributed by atoms with van der Waals surface area (Å²) in [5.74, 6) is -0.0803. The first-order valence-electron chi connectivity index (χ1n) is 6.27. The zero-order valence-corrected chi connectivity index (χ0v) is 10.6. The van der Waals surface area contributed by atoms with Crippen LogP contribution in [-0.2, 0) is 4.79 Å². The Labute approximate surface area is 102 Å². The molecule has 1 aliphatic carbocycles. The summed E-state index contributed by atoms with van der Waals surface area (Å²) in [5, 5.41) is 11.5. The normalized spacial score (nSPS) is 14.8. The van der Waals surface area contributed by atoms with Gasteiger partial charge in [-0.25, -0.2) is 4.79 Å². The van der Waals surface area contributed by atoms with Crippen LogP contribution in [0.4, 0.5) is 4.79 Å². The highest BCUT2D eigenvalue weighted by Gasteiger charge is 2.22. The van der Waals surface area contributed by atoms with Crippen molar-refractivity contribution in [2.24, 2.45) is 5.92 Å². The molecule has 5 heteroatoms. The fourth-order valence-corrected chi connectivity index (χ4v) is 1.70. The molecule has 0 atom stereocenters. The summed E-state index contributed by atoms with van der Waals surface area (Å²) in [6.07, 6.45) is 3.59. The molecule has 1 fully saturated rings. The zero-order chi connectivity index (χ0) is 12.8. The number of carboxylic acids is 1. The Kier molecular flexibility index (Phi) is 5.25. The number of carbonyl (C=O) groups is 2. The Hall–Kier alpha value is -1.26. The third kappa shape index (κ3) is 5.56. The first kappa shape index (κ1) is 13.8. The molecule has 0 heterocycles. The van der Waals surface area contributed by atoms with Gasteiger partial charge in [0.15, 0.2) is 0 Å². The highest BCUT2D eigenvalue weighted by Crippen LogP contribution is 2.31. The molecule has 1 rings (SSSR count). The molecule has 1 aliphatic rings. The van der Waals surface area contributed by atoms with Crippen LogP contribution in [0.15, 0.2) is 0 Å². The van der Waals surface area contributed by atoms with Crippen molar-refractivity contribution in [3.05, 3.63) is 0 Å². The van der Waals surface area contributed by atoms with Gasteiger partial charge < -0.3 is 15.3 Å². The summed E-state index contributed by atoms with van der Waals surface area (Å²) < 4.78 is 0. The Balaban J connectivity index is 2.27. The molecule has 2 amide bonds. The largest absolute Gasteiger partial charge is 0.481 e. The summed E-state index contributed by atoms with van der Waals surface area (Å²) in [5.41, 5.74) is 0. The van der Waals surface area contributed by atoms with Gasteiger partial charge in [-0.3, -0.25) is 4.79 Å². The van der Waals surface area contributed by atoms with Crippen molar-refractivity contribution >= 4 is 12.0 Å². The van der Waals surface area contributed by atoms with Crippen LogP contribution < -0.4 is 5.32 Å². The van der Waals surface area contributed by atoms with Gasteiger partial charge in [0.05, 0.1) is 6.42 Å². The maximum Gasteiger partial charge on any atom is 0.317 e. The number of nitrogens with zero attached hydrogens (tertiary/aromatic N) is 1. The molecule has 0 unspecified atom stereocenters. The SMILES string of the molecule is CC(C)N(CCC(=O)O)C(=O)NCCC1CC1. The molecule has 0 aromatic carbocycles. The average molecular weight is 242 g/mol. The van der Waals surface area contributed by atoms with Crippen LogP contribution in [0.25, 0.3) is 0 Å². The van der Waals surface area contributed by atoms with Gasteiger partial charge in [0, 0.05) is 19.1 Å². The Morgan fingerprint density at radius 2 is 2.06 bits per heavy atom. The first-order valence-corrected chi connectivity index (χ1v) is 6.27. The Morgan fingerprint density at radius 3 is 2.53 bits per heavy atom. The maximum absolute atomic E-state index is 11.8. The lowest BCUT2D eigenvalue weighted by Gasteiger charge is -2.26. The van der Waals surface area contributed by atoms with E-state index in [1.54, 1.807) is 4.90 Å². The molecule has 0 aliphatic heterocycles. The molecule has 0 aromatic heterocycles. The predicted molar refractivity (Wildman–Crippen MR) is 64.8 cm³/mol. The quantitative estimate of drug-likeness (QED) is 0.713. The van der Waals surface area contributed by atoms with E-state index in [0.29, 0.717) is 6.54 Å². The minimum atomic E-state index is -0.874. The Morgan fingerprint density at radius 1 is 1.41 bits per heavy atom. The number of nitrogens with one attached hydrogen (secondary N) is 1. The third-order valence-corrected chi connectivity index (χ3v) is 2.98. The van der Waals surface area contributed by atoms with Crippen LogP contribution in [-0.4, -0.2) is 41.1 Å². The van der Waals surface area contributed by atoms with E-state index in [1.165, 1.54) is 12.8 Å². The molecule has 0 radical (unpaired) electrons. The second kappa shape index (κ2) is 6.47. The van der Waals surface area contributed by atoms with Crippen LogP contribution in [0, 0.1) is 5.92 Å². The van der Waals surface area contributed by atoms with Crippen LogP contribution >= 0.6 is 0 Å². The summed E-state index contributed by atoms with van der Waals surface area (Å²) >= 11 is 0. The molecule has 0 saturated heterocycles. The number of urea groups is 1. The zero-order valence-electron chi connectivity index (χ0n) is 10.6. The molecule has 1 saturated carbocycles. The fraction of sp³-hybridized carbons (Fsp3) is 0.833. The number of hydrogen-bond acceptors (Lipinski definition) is 2. The van der Waals surface area contributed by atoms with Crippen molar-refractivity contribution < 1.29 is 14.7 Å². The van der Waals surface area contributed by atoms with E-state index < -0.39 is 5.97 Å². The van der Waals surface area contributed by atoms with Crippen molar-refractivity contribution in [1.29, 1.82) is 0 Å². The third-order valence-electron chi connectivity index (χ3n) is 2.98. The van der Waals surface area contributed by atoms with Gasteiger partial charge in [-0.2, -0.15) is 0 Å². The fourth-order valence-electron chi connectivity index (χ4n) is 1.70. The lowest BCUT2D eigenvalue weighted by atomic mass is 10.3. The number of amides is 2. The van der Waals surface area contributed by atoms with E-state index in [2.05, 4.69) is 5.32 Å². The van der Waals surface area contributed by atoms with Crippen molar-refractivity contribution in [2.45, 2.75) is 45.6 Å². The van der Waals surface area contributed by atoms with Gasteiger partial charge in [-0.15, -0.1) is 0 Å². The van der Waals surface area contributed by atoms with Crippen molar-refractivity contribution in [2.75, 3.05) is 13.1 Å². The topological polar surface area (TPSA) is 69.6 Å². The molecule has 98 valence electrons. The number of rotatable bonds is 7. The van der Waals surface area contributed by atoms with Crippen LogP contribution in [0.2, 0.25) is 0 Å². The second-order valence-electron chi connectivity index (χ2n) is 4.89. The van der Waals surface area contributed by atoms with Crippen molar-refractivity contribution in [3.8, 4) is 0 Å². The number of carbonyl (C=O) groups excluding carboxylic acids is 1. The molecular formula is C12H22N2O3. The van der Waals surface area contributed by atoms with E-state index in [9.17, 15) is 9.59 Å². The lowest BCUT2D eigenvalue weighted by molar-refractivity contribution is -0.137. The van der Waals surface area contributed by atoms with Gasteiger partial charge in [-0.05, 0) is 26.2 Å². The lowest BCUT2D eigenvalue weighted by Crippen LogP contribution is -2.45. The average Bonchev–Trinajstić information content (AvgIpc) is 3.00.